The number of hydrogen-bond acceptors (Lipinski definition) is 3. The van der Waals surface area contributed by atoms with Gasteiger partial charge in [0.05, 0.1) is 0 Å². The maximum Gasteiger partial charge on any atom is 0.258 e. The summed E-state index contributed by atoms with van der Waals surface area (Å²) in [5.41, 5.74) is 3.77. The van der Waals surface area contributed by atoms with Crippen molar-refractivity contribution in [2.45, 2.75) is 6.42 Å². The van der Waals surface area contributed by atoms with E-state index in [1.54, 1.807) is 41.6 Å². The zero-order valence-electron chi connectivity index (χ0n) is 14.4. The van der Waals surface area contributed by atoms with Crippen LogP contribution in [-0.2, 0) is 6.42 Å². The van der Waals surface area contributed by atoms with Gasteiger partial charge in [0.25, 0.3) is 11.8 Å². The van der Waals surface area contributed by atoms with Crippen LogP contribution in [0.2, 0.25) is 0 Å². The number of aromatic nitrogens is 1. The van der Waals surface area contributed by atoms with Crippen molar-refractivity contribution in [2.75, 3.05) is 16.8 Å². The van der Waals surface area contributed by atoms with E-state index < -0.39 is 0 Å². The molecule has 0 bridgehead atoms. The first-order valence-electron chi connectivity index (χ1n) is 8.53. The van der Waals surface area contributed by atoms with Gasteiger partial charge in [-0.05, 0) is 60.5 Å². The van der Waals surface area contributed by atoms with Crippen molar-refractivity contribution in [3.8, 4) is 0 Å². The molecular weight excluding hydrogens is 406 g/mol. The van der Waals surface area contributed by atoms with Crippen molar-refractivity contribution in [2.24, 2.45) is 0 Å². The van der Waals surface area contributed by atoms with Crippen LogP contribution in [0.3, 0.4) is 0 Å². The number of fused-ring (bicyclic) bond motifs is 1. The Morgan fingerprint density at radius 2 is 1.70 bits per heavy atom. The first-order chi connectivity index (χ1) is 13.1. The molecule has 0 spiro atoms. The molecule has 2 heterocycles. The fourth-order valence-electron chi connectivity index (χ4n) is 3.12. The number of rotatable bonds is 3. The Morgan fingerprint density at radius 3 is 2.44 bits per heavy atom. The monoisotopic (exact) mass is 421 g/mol. The van der Waals surface area contributed by atoms with Crippen molar-refractivity contribution >= 4 is 39.1 Å². The molecule has 0 unspecified atom stereocenters. The zero-order chi connectivity index (χ0) is 18.8. The lowest BCUT2D eigenvalue weighted by Crippen LogP contribution is -2.28. The van der Waals surface area contributed by atoms with Crippen LogP contribution < -0.4 is 10.2 Å². The highest BCUT2D eigenvalue weighted by atomic mass is 79.9. The lowest BCUT2D eigenvalue weighted by Gasteiger charge is -2.18. The molecule has 6 heteroatoms. The summed E-state index contributed by atoms with van der Waals surface area (Å²) in [6.45, 7) is 0.626. The number of carbonyl (C=O) groups excluding carboxylic acids is 2. The lowest BCUT2D eigenvalue weighted by atomic mass is 10.1. The topological polar surface area (TPSA) is 62.3 Å². The first-order valence-corrected chi connectivity index (χ1v) is 9.33. The van der Waals surface area contributed by atoms with Gasteiger partial charge >= 0.3 is 0 Å². The summed E-state index contributed by atoms with van der Waals surface area (Å²) in [7, 11) is 0. The molecule has 0 radical (unpaired) electrons. The number of nitrogens with zero attached hydrogens (tertiary/aromatic N) is 2. The lowest BCUT2D eigenvalue weighted by molar-refractivity contribution is 0.0988. The third-order valence-corrected chi connectivity index (χ3v) is 5.05. The van der Waals surface area contributed by atoms with Crippen LogP contribution in [-0.4, -0.2) is 23.3 Å². The molecule has 1 N–H and O–H groups in total. The van der Waals surface area contributed by atoms with Crippen LogP contribution in [0, 0.1) is 0 Å². The Hall–Kier alpha value is -2.99. The number of halogens is 1. The number of benzene rings is 2. The van der Waals surface area contributed by atoms with E-state index in [0.29, 0.717) is 23.4 Å². The van der Waals surface area contributed by atoms with E-state index in [-0.39, 0.29) is 11.8 Å². The number of pyridine rings is 1. The number of amides is 2. The Labute approximate surface area is 165 Å². The normalized spacial score (nSPS) is 12.6. The van der Waals surface area contributed by atoms with Gasteiger partial charge < -0.3 is 10.2 Å². The number of anilines is 2. The van der Waals surface area contributed by atoms with E-state index >= 15 is 0 Å². The fourth-order valence-corrected chi connectivity index (χ4v) is 3.39. The van der Waals surface area contributed by atoms with Crippen molar-refractivity contribution in [1.82, 2.24) is 4.98 Å². The second-order valence-corrected chi connectivity index (χ2v) is 7.16. The number of hydrogen-bond donors (Lipinski definition) is 1. The molecule has 1 aliphatic rings. The van der Waals surface area contributed by atoms with E-state index in [9.17, 15) is 9.59 Å². The molecule has 1 aromatic heterocycles. The fraction of sp³-hybridized carbons (Fsp3) is 0.0952. The van der Waals surface area contributed by atoms with E-state index in [2.05, 4.69) is 26.2 Å². The molecule has 4 rings (SSSR count). The van der Waals surface area contributed by atoms with Crippen LogP contribution in [0.1, 0.15) is 26.3 Å². The molecule has 0 fully saturated rings. The molecule has 0 atom stereocenters. The summed E-state index contributed by atoms with van der Waals surface area (Å²) in [4.78, 5) is 31.0. The predicted molar refractivity (Wildman–Crippen MR) is 108 cm³/mol. The van der Waals surface area contributed by atoms with E-state index in [0.717, 1.165) is 22.1 Å². The van der Waals surface area contributed by atoms with Crippen LogP contribution in [0.5, 0.6) is 0 Å². The standard InChI is InChI=1S/C21H16BrN3O2/c22-17-4-1-15(2-5-17)20(26)24-18-6-3-14-9-12-25(19(14)13-18)21(27)16-7-10-23-11-8-16/h1-8,10-11,13H,9,12H2,(H,24,26). The Bertz CT molecular complexity index is 1000. The van der Waals surface area contributed by atoms with E-state index in [4.69, 9.17) is 0 Å². The maximum absolute atomic E-state index is 12.8. The Kier molecular flexibility index (Phi) is 4.73. The summed E-state index contributed by atoms with van der Waals surface area (Å²) in [5.74, 6) is -0.250. The predicted octanol–water partition coefficient (Wildman–Crippen LogP) is 4.30. The van der Waals surface area contributed by atoms with Crippen LogP contribution in [0.25, 0.3) is 0 Å². The minimum Gasteiger partial charge on any atom is -0.322 e. The van der Waals surface area contributed by atoms with Gasteiger partial charge in [-0.3, -0.25) is 14.6 Å². The van der Waals surface area contributed by atoms with Gasteiger partial charge in [-0.2, -0.15) is 0 Å². The molecule has 27 heavy (non-hydrogen) atoms. The Balaban J connectivity index is 1.57. The summed E-state index contributed by atoms with van der Waals surface area (Å²) < 4.78 is 0.918. The molecular formula is C21H16BrN3O2. The zero-order valence-corrected chi connectivity index (χ0v) is 15.9. The second-order valence-electron chi connectivity index (χ2n) is 6.25. The third kappa shape index (κ3) is 3.61. The number of carbonyl (C=O) groups is 2. The van der Waals surface area contributed by atoms with E-state index in [1.165, 1.54) is 0 Å². The Morgan fingerprint density at radius 1 is 0.963 bits per heavy atom. The molecule has 0 saturated carbocycles. The van der Waals surface area contributed by atoms with Gasteiger partial charge in [-0.15, -0.1) is 0 Å². The molecule has 1 aliphatic heterocycles. The van der Waals surface area contributed by atoms with Crippen LogP contribution in [0.4, 0.5) is 11.4 Å². The summed E-state index contributed by atoms with van der Waals surface area (Å²) in [6, 6.07) is 16.3. The summed E-state index contributed by atoms with van der Waals surface area (Å²) in [6.07, 6.45) is 4.02. The van der Waals surface area contributed by atoms with Crippen molar-refractivity contribution < 1.29 is 9.59 Å². The highest BCUT2D eigenvalue weighted by molar-refractivity contribution is 9.10. The van der Waals surface area contributed by atoms with Gasteiger partial charge in [0.1, 0.15) is 0 Å². The van der Waals surface area contributed by atoms with Gasteiger partial charge in [0.15, 0.2) is 0 Å². The largest absolute Gasteiger partial charge is 0.322 e. The average molecular weight is 422 g/mol. The first kappa shape index (κ1) is 17.4. The minimum absolute atomic E-state index is 0.0625. The molecule has 5 nitrogen and oxygen atoms in total. The molecule has 2 aromatic carbocycles. The van der Waals surface area contributed by atoms with Gasteiger partial charge in [0, 0.05) is 45.9 Å². The average Bonchev–Trinajstić information content (AvgIpc) is 3.12. The quantitative estimate of drug-likeness (QED) is 0.685. The molecule has 0 saturated heterocycles. The molecule has 2 amide bonds. The van der Waals surface area contributed by atoms with Gasteiger partial charge in [-0.1, -0.05) is 22.0 Å². The van der Waals surface area contributed by atoms with Crippen LogP contribution in [0.15, 0.2) is 71.5 Å². The highest BCUT2D eigenvalue weighted by Gasteiger charge is 2.26. The van der Waals surface area contributed by atoms with E-state index in [1.807, 2.05) is 30.3 Å². The van der Waals surface area contributed by atoms with Gasteiger partial charge in [0.2, 0.25) is 0 Å². The molecule has 3 aromatic rings. The summed E-state index contributed by atoms with van der Waals surface area (Å²) >= 11 is 3.36. The van der Waals surface area contributed by atoms with Crippen molar-refractivity contribution in [3.05, 3.63) is 88.2 Å². The minimum atomic E-state index is -0.188. The third-order valence-electron chi connectivity index (χ3n) is 4.52. The molecule has 134 valence electrons. The molecule has 0 aliphatic carbocycles. The second kappa shape index (κ2) is 7.32. The SMILES string of the molecule is O=C(Nc1ccc2c(c1)N(C(=O)c1ccncc1)CC2)c1ccc(Br)cc1. The van der Waals surface area contributed by atoms with Crippen molar-refractivity contribution in [3.63, 3.8) is 0 Å². The van der Waals surface area contributed by atoms with Gasteiger partial charge in [-0.25, -0.2) is 0 Å². The smallest absolute Gasteiger partial charge is 0.258 e. The van der Waals surface area contributed by atoms with Crippen molar-refractivity contribution in [1.29, 1.82) is 0 Å². The number of nitrogens with one attached hydrogen (secondary N) is 1. The maximum atomic E-state index is 12.8. The summed E-state index contributed by atoms with van der Waals surface area (Å²) in [5, 5.41) is 2.90. The van der Waals surface area contributed by atoms with Crippen LogP contribution >= 0.6 is 15.9 Å². The highest BCUT2D eigenvalue weighted by Crippen LogP contribution is 2.32.